The normalized spacial score (nSPS) is 20.6. The van der Waals surface area contributed by atoms with E-state index in [2.05, 4.69) is 16.5 Å². The van der Waals surface area contributed by atoms with Crippen molar-refractivity contribution < 1.29 is 14.3 Å². The lowest BCUT2D eigenvalue weighted by atomic mass is 10.0. The van der Waals surface area contributed by atoms with Crippen LogP contribution in [-0.4, -0.2) is 40.3 Å². The Balaban J connectivity index is 1.97. The van der Waals surface area contributed by atoms with Crippen molar-refractivity contribution in [1.29, 1.82) is 0 Å². The molecule has 0 saturated carbocycles. The Morgan fingerprint density at radius 3 is 3.04 bits per heavy atom. The van der Waals surface area contributed by atoms with Gasteiger partial charge in [-0.2, -0.15) is 0 Å². The molecule has 2 unspecified atom stereocenters. The van der Waals surface area contributed by atoms with E-state index in [9.17, 15) is 4.79 Å². The average molecular weight is 374 g/mol. The first-order chi connectivity index (χ1) is 12.6. The summed E-state index contributed by atoms with van der Waals surface area (Å²) in [6.07, 6.45) is 3.78. The summed E-state index contributed by atoms with van der Waals surface area (Å²) >= 11 is 6.24. The van der Waals surface area contributed by atoms with E-state index >= 15 is 0 Å². The van der Waals surface area contributed by atoms with Gasteiger partial charge in [-0.05, 0) is 38.0 Å². The van der Waals surface area contributed by atoms with Crippen LogP contribution in [0.5, 0.6) is 0 Å². The second kappa shape index (κ2) is 6.85. The van der Waals surface area contributed by atoms with Gasteiger partial charge < -0.3 is 14.0 Å². The number of rotatable bonds is 3. The number of fused-ring (bicyclic) bond motifs is 3. The van der Waals surface area contributed by atoms with E-state index in [0.717, 1.165) is 34.8 Å². The monoisotopic (exact) mass is 373 g/mol. The molecule has 2 aromatic heterocycles. The third kappa shape index (κ3) is 3.04. The van der Waals surface area contributed by atoms with E-state index < -0.39 is 0 Å². The molecule has 0 radical (unpaired) electrons. The molecule has 1 fully saturated rings. The summed E-state index contributed by atoms with van der Waals surface area (Å²) in [5, 5.41) is 1.59. The largest absolute Gasteiger partial charge is 0.469 e. The van der Waals surface area contributed by atoms with Crippen molar-refractivity contribution >= 4 is 39.5 Å². The zero-order valence-electron chi connectivity index (χ0n) is 14.7. The number of esters is 1. The molecule has 26 heavy (non-hydrogen) atoms. The van der Waals surface area contributed by atoms with Crippen LogP contribution in [0.25, 0.3) is 21.9 Å². The van der Waals surface area contributed by atoms with Crippen molar-refractivity contribution in [2.24, 2.45) is 0 Å². The highest BCUT2D eigenvalue weighted by molar-refractivity contribution is 6.31. The Morgan fingerprint density at radius 2 is 2.27 bits per heavy atom. The molecule has 3 heterocycles. The van der Waals surface area contributed by atoms with Crippen LogP contribution >= 0.6 is 11.6 Å². The molecule has 3 aromatic rings. The average Bonchev–Trinajstić information content (AvgIpc) is 2.99. The number of aromatic nitrogens is 3. The fourth-order valence-electron chi connectivity index (χ4n) is 3.73. The number of ether oxygens (including phenoxy) is 2. The number of carbonyl (C=O) groups excluding carboxylic acids is 1. The first-order valence-corrected chi connectivity index (χ1v) is 9.08. The number of nitrogens with zero attached hydrogens (tertiary/aromatic N) is 3. The smallest absolute Gasteiger partial charge is 0.313 e. The van der Waals surface area contributed by atoms with Crippen LogP contribution < -0.4 is 0 Å². The maximum atomic E-state index is 11.9. The number of methoxy groups -OCH3 is 1. The Hall–Kier alpha value is -2.18. The van der Waals surface area contributed by atoms with E-state index in [1.165, 1.54) is 7.11 Å². The Labute approximate surface area is 156 Å². The summed E-state index contributed by atoms with van der Waals surface area (Å²) in [4.78, 5) is 21.1. The van der Waals surface area contributed by atoms with Gasteiger partial charge in [0.1, 0.15) is 17.8 Å². The maximum absolute atomic E-state index is 11.9. The number of imidazole rings is 1. The number of carbonyl (C=O) groups is 1. The third-order valence-corrected chi connectivity index (χ3v) is 5.14. The molecule has 0 bridgehead atoms. The summed E-state index contributed by atoms with van der Waals surface area (Å²) in [6, 6.07) is 5.85. The Bertz CT molecular complexity index is 985. The van der Waals surface area contributed by atoms with E-state index in [1.54, 1.807) is 6.20 Å². The quantitative estimate of drug-likeness (QED) is 0.655. The van der Waals surface area contributed by atoms with E-state index in [4.69, 9.17) is 26.1 Å². The van der Waals surface area contributed by atoms with Gasteiger partial charge in [0.25, 0.3) is 0 Å². The van der Waals surface area contributed by atoms with Crippen LogP contribution in [0.2, 0.25) is 5.02 Å². The van der Waals surface area contributed by atoms with E-state index in [0.29, 0.717) is 17.5 Å². The van der Waals surface area contributed by atoms with Gasteiger partial charge in [0.15, 0.2) is 0 Å². The van der Waals surface area contributed by atoms with Crippen molar-refractivity contribution in [3.05, 3.63) is 35.2 Å². The van der Waals surface area contributed by atoms with Crippen LogP contribution in [0.3, 0.4) is 0 Å². The zero-order chi connectivity index (χ0) is 18.3. The number of hydrogen-bond acceptors (Lipinski definition) is 5. The van der Waals surface area contributed by atoms with Crippen LogP contribution in [0.4, 0.5) is 0 Å². The van der Waals surface area contributed by atoms with Crippen molar-refractivity contribution in [3.63, 3.8) is 0 Å². The standard InChI is InChI=1S/C19H20ClN3O3/c1-11-7-13(5-6-26-11)23-17(9-18(24)25-2)22-16-10-21-15-4-3-12(20)8-14(15)19(16)23/h3-4,8,10-11,13H,5-7,9H2,1-2H3. The topological polar surface area (TPSA) is 66.2 Å². The number of benzene rings is 1. The van der Waals surface area contributed by atoms with Crippen LogP contribution in [0.15, 0.2) is 24.4 Å². The molecule has 1 aliphatic rings. The molecule has 1 aliphatic heterocycles. The molecule has 7 heteroatoms. The van der Waals surface area contributed by atoms with Gasteiger partial charge in [-0.25, -0.2) is 4.98 Å². The molecule has 136 valence electrons. The molecule has 0 aliphatic carbocycles. The summed E-state index contributed by atoms with van der Waals surface area (Å²) < 4.78 is 12.7. The SMILES string of the molecule is COC(=O)Cc1nc2cnc3ccc(Cl)cc3c2n1C1CCOC(C)C1. The van der Waals surface area contributed by atoms with Crippen LogP contribution in [0, 0.1) is 0 Å². The van der Waals surface area contributed by atoms with Gasteiger partial charge in [0, 0.05) is 23.1 Å². The maximum Gasteiger partial charge on any atom is 0.313 e. The van der Waals surface area contributed by atoms with Gasteiger partial charge in [-0.1, -0.05) is 11.6 Å². The first kappa shape index (κ1) is 17.2. The molecule has 1 aromatic carbocycles. The van der Waals surface area contributed by atoms with Gasteiger partial charge in [-0.3, -0.25) is 9.78 Å². The van der Waals surface area contributed by atoms with Crippen molar-refractivity contribution in [1.82, 2.24) is 14.5 Å². The second-order valence-electron chi connectivity index (χ2n) is 6.66. The molecular formula is C19H20ClN3O3. The van der Waals surface area contributed by atoms with Gasteiger partial charge in [0.2, 0.25) is 0 Å². The lowest BCUT2D eigenvalue weighted by Crippen LogP contribution is -2.27. The van der Waals surface area contributed by atoms with Crippen molar-refractivity contribution in [2.45, 2.75) is 38.3 Å². The number of hydrogen-bond donors (Lipinski definition) is 0. The lowest BCUT2D eigenvalue weighted by Gasteiger charge is -2.30. The molecule has 4 rings (SSSR count). The summed E-state index contributed by atoms with van der Waals surface area (Å²) in [7, 11) is 1.39. The first-order valence-electron chi connectivity index (χ1n) is 8.70. The van der Waals surface area contributed by atoms with Gasteiger partial charge >= 0.3 is 5.97 Å². The van der Waals surface area contributed by atoms with Crippen LogP contribution in [0.1, 0.15) is 31.6 Å². The molecule has 1 saturated heterocycles. The predicted octanol–water partition coefficient (Wildman–Crippen LogP) is 3.69. The number of pyridine rings is 1. The molecule has 6 nitrogen and oxygen atoms in total. The Morgan fingerprint density at radius 1 is 1.42 bits per heavy atom. The summed E-state index contributed by atoms with van der Waals surface area (Å²) in [5.41, 5.74) is 2.58. The zero-order valence-corrected chi connectivity index (χ0v) is 15.5. The van der Waals surface area contributed by atoms with Crippen LogP contribution in [-0.2, 0) is 20.7 Å². The molecule has 0 spiro atoms. The molecule has 0 N–H and O–H groups in total. The fraction of sp³-hybridized carbons (Fsp3) is 0.421. The predicted molar refractivity (Wildman–Crippen MR) is 99.4 cm³/mol. The van der Waals surface area contributed by atoms with Gasteiger partial charge in [0.05, 0.1) is 30.4 Å². The Kier molecular flexibility index (Phi) is 4.54. The van der Waals surface area contributed by atoms with Crippen molar-refractivity contribution in [2.75, 3.05) is 13.7 Å². The van der Waals surface area contributed by atoms with E-state index in [1.807, 2.05) is 18.2 Å². The van der Waals surface area contributed by atoms with E-state index in [-0.39, 0.29) is 24.5 Å². The highest BCUT2D eigenvalue weighted by Gasteiger charge is 2.27. The summed E-state index contributed by atoms with van der Waals surface area (Å²) in [6.45, 7) is 2.76. The number of halogens is 1. The minimum Gasteiger partial charge on any atom is -0.469 e. The summed E-state index contributed by atoms with van der Waals surface area (Å²) in [5.74, 6) is 0.386. The minimum absolute atomic E-state index is 0.124. The molecular weight excluding hydrogens is 354 g/mol. The third-order valence-electron chi connectivity index (χ3n) is 4.90. The minimum atomic E-state index is -0.308. The van der Waals surface area contributed by atoms with Crippen molar-refractivity contribution in [3.8, 4) is 0 Å². The molecule has 2 atom stereocenters. The highest BCUT2D eigenvalue weighted by atomic mass is 35.5. The lowest BCUT2D eigenvalue weighted by molar-refractivity contribution is -0.140. The fourth-order valence-corrected chi connectivity index (χ4v) is 3.90. The van der Waals surface area contributed by atoms with Gasteiger partial charge in [-0.15, -0.1) is 0 Å². The molecule has 0 amide bonds. The highest BCUT2D eigenvalue weighted by Crippen LogP contribution is 2.34. The second-order valence-corrected chi connectivity index (χ2v) is 7.10.